The molecule has 0 aliphatic heterocycles. The van der Waals surface area contributed by atoms with Crippen LogP contribution in [-0.2, 0) is 0 Å². The van der Waals surface area contributed by atoms with Crippen LogP contribution in [0.5, 0.6) is 0 Å². The van der Waals surface area contributed by atoms with Gasteiger partial charge in [-0.25, -0.2) is 0 Å². The Morgan fingerprint density at radius 3 is 1.37 bits per heavy atom. The molecule has 0 saturated carbocycles. The Hall–Kier alpha value is -4.66. The molecule has 7 rings (SSSR count). The van der Waals surface area contributed by atoms with Crippen molar-refractivity contribution in [3.8, 4) is 5.69 Å². The van der Waals surface area contributed by atoms with Crippen molar-refractivity contribution in [2.24, 2.45) is 0 Å². The van der Waals surface area contributed by atoms with E-state index in [0.29, 0.717) is 0 Å². The Morgan fingerprint density at radius 2 is 0.816 bits per heavy atom. The monoisotopic (exact) mass is 501 g/mol. The number of hydrogen-bond acceptors (Lipinski definition) is 0. The SMILES string of the molecule is c1ccc(-n2c3ccccc3c3c([Si](c4ccccc4)(c4ccccc4)c4ccccc4)cccc32)cc1. The zero-order valence-corrected chi connectivity index (χ0v) is 22.0. The van der Waals surface area contributed by atoms with E-state index < -0.39 is 8.07 Å². The third-order valence-corrected chi connectivity index (χ3v) is 12.6. The number of para-hydroxylation sites is 2. The largest absolute Gasteiger partial charge is 0.309 e. The van der Waals surface area contributed by atoms with E-state index in [1.54, 1.807) is 0 Å². The Bertz CT molecular complexity index is 1740. The number of nitrogens with zero attached hydrogens (tertiary/aromatic N) is 1. The molecule has 6 aromatic carbocycles. The maximum atomic E-state index is 2.42. The van der Waals surface area contributed by atoms with E-state index in [-0.39, 0.29) is 0 Å². The standard InChI is InChI=1S/C36H27NSi/c1-5-16-28(17-6-1)37-33-25-14-13-24-32(33)36-34(37)26-15-27-35(36)38(29-18-7-2-8-19-29,30-20-9-3-10-21-30)31-22-11-4-12-23-31/h1-27H. The van der Waals surface area contributed by atoms with Crippen LogP contribution >= 0.6 is 0 Å². The van der Waals surface area contributed by atoms with Gasteiger partial charge in [-0.2, -0.15) is 0 Å². The van der Waals surface area contributed by atoms with Crippen molar-refractivity contribution in [3.63, 3.8) is 0 Å². The first-order valence-electron chi connectivity index (χ1n) is 13.1. The van der Waals surface area contributed by atoms with E-state index in [0.717, 1.165) is 0 Å². The van der Waals surface area contributed by atoms with Crippen molar-refractivity contribution in [3.05, 3.63) is 164 Å². The topological polar surface area (TPSA) is 4.93 Å². The molecule has 0 N–H and O–H groups in total. The van der Waals surface area contributed by atoms with Crippen LogP contribution < -0.4 is 20.7 Å². The molecule has 0 radical (unpaired) electrons. The van der Waals surface area contributed by atoms with Crippen molar-refractivity contribution in [2.75, 3.05) is 0 Å². The maximum Gasteiger partial charge on any atom is 0.180 e. The molecular formula is C36H27NSi. The van der Waals surface area contributed by atoms with Gasteiger partial charge in [0.15, 0.2) is 8.07 Å². The van der Waals surface area contributed by atoms with Gasteiger partial charge in [0.05, 0.1) is 11.0 Å². The second-order valence-corrected chi connectivity index (χ2v) is 13.5. The molecule has 0 bridgehead atoms. The van der Waals surface area contributed by atoms with Gasteiger partial charge in [0.25, 0.3) is 0 Å². The highest BCUT2D eigenvalue weighted by Gasteiger charge is 2.43. The molecular weight excluding hydrogens is 474 g/mol. The fraction of sp³-hybridized carbons (Fsp3) is 0. The van der Waals surface area contributed by atoms with Crippen LogP contribution in [0.1, 0.15) is 0 Å². The summed E-state index contributed by atoms with van der Waals surface area (Å²) in [6.07, 6.45) is 0. The molecule has 0 aliphatic carbocycles. The molecule has 0 aliphatic rings. The summed E-state index contributed by atoms with van der Waals surface area (Å²) in [4.78, 5) is 0. The van der Waals surface area contributed by atoms with Gasteiger partial charge < -0.3 is 4.57 Å². The number of hydrogen-bond donors (Lipinski definition) is 0. The molecule has 0 fully saturated rings. The number of benzene rings is 6. The second-order valence-electron chi connectivity index (χ2n) is 9.74. The summed E-state index contributed by atoms with van der Waals surface area (Å²) in [5.41, 5.74) is 3.66. The minimum Gasteiger partial charge on any atom is -0.309 e. The Labute approximate surface area is 224 Å². The summed E-state index contributed by atoms with van der Waals surface area (Å²) >= 11 is 0. The highest BCUT2D eigenvalue weighted by atomic mass is 28.3. The summed E-state index contributed by atoms with van der Waals surface area (Å²) in [6.45, 7) is 0. The van der Waals surface area contributed by atoms with Gasteiger partial charge in [-0.05, 0) is 45.0 Å². The third-order valence-electron chi connectivity index (χ3n) is 7.74. The number of fused-ring (bicyclic) bond motifs is 3. The fourth-order valence-corrected chi connectivity index (χ4v) is 11.2. The normalized spacial score (nSPS) is 11.7. The zero-order valence-electron chi connectivity index (χ0n) is 21.0. The molecule has 2 heteroatoms. The summed E-state index contributed by atoms with van der Waals surface area (Å²) in [7, 11) is -2.68. The number of rotatable bonds is 5. The number of aromatic nitrogens is 1. The van der Waals surface area contributed by atoms with Crippen molar-refractivity contribution in [1.82, 2.24) is 4.57 Å². The minimum absolute atomic E-state index is 1.18. The highest BCUT2D eigenvalue weighted by molar-refractivity contribution is 7.20. The Kier molecular flexibility index (Phi) is 5.53. The van der Waals surface area contributed by atoms with Crippen molar-refractivity contribution in [1.29, 1.82) is 0 Å². The van der Waals surface area contributed by atoms with E-state index >= 15 is 0 Å². The molecule has 0 amide bonds. The average molecular weight is 502 g/mol. The van der Waals surface area contributed by atoms with Crippen LogP contribution in [0.4, 0.5) is 0 Å². The van der Waals surface area contributed by atoms with Crippen molar-refractivity contribution >= 4 is 50.6 Å². The molecule has 0 unspecified atom stereocenters. The van der Waals surface area contributed by atoms with Crippen LogP contribution in [0, 0.1) is 0 Å². The van der Waals surface area contributed by atoms with Crippen LogP contribution in [0.25, 0.3) is 27.5 Å². The van der Waals surface area contributed by atoms with Crippen LogP contribution in [0.15, 0.2) is 164 Å². The Morgan fingerprint density at radius 1 is 0.368 bits per heavy atom. The lowest BCUT2D eigenvalue weighted by atomic mass is 10.1. The molecule has 0 saturated heterocycles. The van der Waals surface area contributed by atoms with E-state index in [9.17, 15) is 0 Å². The van der Waals surface area contributed by atoms with Gasteiger partial charge >= 0.3 is 0 Å². The van der Waals surface area contributed by atoms with Gasteiger partial charge in [0, 0.05) is 16.5 Å². The van der Waals surface area contributed by atoms with Gasteiger partial charge in [-0.15, -0.1) is 0 Å². The first-order valence-corrected chi connectivity index (χ1v) is 15.1. The zero-order chi connectivity index (χ0) is 25.4. The molecule has 180 valence electrons. The smallest absolute Gasteiger partial charge is 0.180 e. The fourth-order valence-electron chi connectivity index (χ4n) is 6.22. The molecule has 1 heterocycles. The quantitative estimate of drug-likeness (QED) is 0.197. The van der Waals surface area contributed by atoms with E-state index in [2.05, 4.69) is 168 Å². The molecule has 38 heavy (non-hydrogen) atoms. The summed E-state index contributed by atoms with van der Waals surface area (Å²) < 4.78 is 2.42. The Balaban J connectivity index is 1.71. The first-order chi connectivity index (χ1) is 18.9. The molecule has 7 aromatic rings. The molecule has 0 spiro atoms. The van der Waals surface area contributed by atoms with Crippen LogP contribution in [0.3, 0.4) is 0 Å². The van der Waals surface area contributed by atoms with E-state index in [4.69, 9.17) is 0 Å². The summed E-state index contributed by atoms with van der Waals surface area (Å²) in [5.74, 6) is 0. The summed E-state index contributed by atoms with van der Waals surface area (Å²) in [5, 5.41) is 8.23. The molecule has 0 atom stereocenters. The maximum absolute atomic E-state index is 2.68. The molecule has 1 nitrogen and oxygen atoms in total. The van der Waals surface area contributed by atoms with Crippen LogP contribution in [0.2, 0.25) is 0 Å². The first kappa shape index (κ1) is 22.5. The van der Waals surface area contributed by atoms with Gasteiger partial charge in [-0.1, -0.05) is 140 Å². The van der Waals surface area contributed by atoms with Gasteiger partial charge in [-0.3, -0.25) is 0 Å². The van der Waals surface area contributed by atoms with Crippen LogP contribution in [-0.4, -0.2) is 12.6 Å². The average Bonchev–Trinajstić information content (AvgIpc) is 3.35. The second kappa shape index (κ2) is 9.33. The molecule has 1 aromatic heterocycles. The van der Waals surface area contributed by atoms with E-state index in [1.807, 2.05) is 0 Å². The summed E-state index contributed by atoms with van der Waals surface area (Å²) in [6, 6.07) is 60.1. The predicted molar refractivity (Wildman–Crippen MR) is 164 cm³/mol. The van der Waals surface area contributed by atoms with Gasteiger partial charge in [0.2, 0.25) is 0 Å². The lowest BCUT2D eigenvalue weighted by Gasteiger charge is -2.35. The lowest BCUT2D eigenvalue weighted by molar-refractivity contribution is 1.18. The minimum atomic E-state index is -2.68. The van der Waals surface area contributed by atoms with Crippen molar-refractivity contribution in [2.45, 2.75) is 0 Å². The van der Waals surface area contributed by atoms with E-state index in [1.165, 1.54) is 48.2 Å². The predicted octanol–water partition coefficient (Wildman–Crippen LogP) is 6.16. The van der Waals surface area contributed by atoms with Crippen molar-refractivity contribution < 1.29 is 0 Å². The third kappa shape index (κ3) is 3.38. The van der Waals surface area contributed by atoms with Gasteiger partial charge in [0.1, 0.15) is 0 Å². The highest BCUT2D eigenvalue weighted by Crippen LogP contribution is 2.32. The lowest BCUT2D eigenvalue weighted by Crippen LogP contribution is -2.74.